The first-order valence-electron chi connectivity index (χ1n) is 6.00. The van der Waals surface area contributed by atoms with Crippen molar-refractivity contribution in [2.45, 2.75) is 18.9 Å². The lowest BCUT2D eigenvalue weighted by atomic mass is 10.0. The fourth-order valence-electron chi connectivity index (χ4n) is 2.12. The van der Waals surface area contributed by atoms with E-state index in [1.807, 2.05) is 18.2 Å². The molecule has 3 heteroatoms. The fourth-order valence-corrected chi connectivity index (χ4v) is 2.12. The number of nitrogens with one attached hydrogen (secondary N) is 1. The third kappa shape index (κ3) is 2.80. The van der Waals surface area contributed by atoms with Gasteiger partial charge in [0, 0.05) is 18.2 Å². The van der Waals surface area contributed by atoms with Crippen LogP contribution in [-0.2, 0) is 0 Å². The van der Waals surface area contributed by atoms with E-state index in [1.54, 1.807) is 7.11 Å². The Hall–Kier alpha value is -1.48. The maximum absolute atomic E-state index is 5.74. The second-order valence-electron chi connectivity index (χ2n) is 4.14. The zero-order valence-electron chi connectivity index (χ0n) is 10.2. The van der Waals surface area contributed by atoms with Gasteiger partial charge < -0.3 is 14.8 Å². The third-order valence-electron chi connectivity index (χ3n) is 3.00. The molecule has 0 saturated carbocycles. The average Bonchev–Trinajstić information content (AvgIpc) is 2.57. The van der Waals surface area contributed by atoms with E-state index < -0.39 is 0 Å². The van der Waals surface area contributed by atoms with Crippen molar-refractivity contribution in [1.82, 2.24) is 5.32 Å². The van der Waals surface area contributed by atoms with E-state index in [2.05, 4.69) is 18.0 Å². The molecule has 0 saturated heterocycles. The fraction of sp³-hybridized carbons (Fsp3) is 0.429. The van der Waals surface area contributed by atoms with Crippen LogP contribution in [0, 0.1) is 0 Å². The summed E-state index contributed by atoms with van der Waals surface area (Å²) in [6, 6.07) is 6.30. The monoisotopic (exact) mass is 233 g/mol. The van der Waals surface area contributed by atoms with Gasteiger partial charge in [0.05, 0.1) is 13.7 Å². The van der Waals surface area contributed by atoms with Gasteiger partial charge in [0.15, 0.2) is 0 Å². The predicted molar refractivity (Wildman–Crippen MR) is 68.7 cm³/mol. The van der Waals surface area contributed by atoms with E-state index in [-0.39, 0.29) is 0 Å². The molecule has 1 heterocycles. The van der Waals surface area contributed by atoms with Crippen LogP contribution in [0.5, 0.6) is 11.5 Å². The number of ether oxygens (including phenoxy) is 2. The Morgan fingerprint density at radius 3 is 3.24 bits per heavy atom. The minimum absolute atomic E-state index is 0.320. The normalized spacial score (nSPS) is 18.8. The Balaban J connectivity index is 2.27. The average molecular weight is 233 g/mol. The van der Waals surface area contributed by atoms with Crippen molar-refractivity contribution in [3.8, 4) is 11.5 Å². The van der Waals surface area contributed by atoms with Crippen molar-refractivity contribution in [3.63, 3.8) is 0 Å². The molecule has 0 aromatic heterocycles. The smallest absolute Gasteiger partial charge is 0.124 e. The van der Waals surface area contributed by atoms with E-state index in [0.717, 1.165) is 37.5 Å². The highest BCUT2D eigenvalue weighted by Crippen LogP contribution is 2.34. The second kappa shape index (κ2) is 5.73. The summed E-state index contributed by atoms with van der Waals surface area (Å²) in [5.74, 6) is 1.84. The van der Waals surface area contributed by atoms with Crippen molar-refractivity contribution in [2.75, 3.05) is 20.3 Å². The Labute approximate surface area is 102 Å². The second-order valence-corrected chi connectivity index (χ2v) is 4.14. The molecule has 1 N–H and O–H groups in total. The summed E-state index contributed by atoms with van der Waals surface area (Å²) >= 11 is 0. The Morgan fingerprint density at radius 2 is 2.47 bits per heavy atom. The summed E-state index contributed by atoms with van der Waals surface area (Å²) in [5.41, 5.74) is 1.18. The summed E-state index contributed by atoms with van der Waals surface area (Å²) in [7, 11) is 1.69. The SMILES string of the molecule is C=CCN[C@H]1CCCOc2ccc(OC)cc21. The van der Waals surface area contributed by atoms with Crippen LogP contribution in [0.25, 0.3) is 0 Å². The minimum Gasteiger partial charge on any atom is -0.497 e. The van der Waals surface area contributed by atoms with Crippen LogP contribution in [0.3, 0.4) is 0 Å². The Bertz CT molecular complexity index is 390. The zero-order valence-corrected chi connectivity index (χ0v) is 10.2. The molecule has 0 radical (unpaired) electrons. The lowest BCUT2D eigenvalue weighted by Gasteiger charge is -2.18. The van der Waals surface area contributed by atoms with Crippen molar-refractivity contribution in [3.05, 3.63) is 36.4 Å². The topological polar surface area (TPSA) is 30.5 Å². The van der Waals surface area contributed by atoms with Crippen LogP contribution >= 0.6 is 0 Å². The van der Waals surface area contributed by atoms with Gasteiger partial charge in [0.2, 0.25) is 0 Å². The molecule has 17 heavy (non-hydrogen) atoms. The van der Waals surface area contributed by atoms with Crippen LogP contribution in [0.15, 0.2) is 30.9 Å². The van der Waals surface area contributed by atoms with Crippen LogP contribution < -0.4 is 14.8 Å². The molecule has 1 aromatic rings. The van der Waals surface area contributed by atoms with E-state index in [1.165, 1.54) is 5.56 Å². The van der Waals surface area contributed by atoms with Gasteiger partial charge in [0.25, 0.3) is 0 Å². The molecule has 1 aliphatic heterocycles. The number of fused-ring (bicyclic) bond motifs is 1. The Morgan fingerprint density at radius 1 is 1.59 bits per heavy atom. The molecule has 0 unspecified atom stereocenters. The van der Waals surface area contributed by atoms with Gasteiger partial charge in [0.1, 0.15) is 11.5 Å². The van der Waals surface area contributed by atoms with Gasteiger partial charge in [-0.2, -0.15) is 0 Å². The molecule has 0 fully saturated rings. The molecule has 0 aliphatic carbocycles. The lowest BCUT2D eigenvalue weighted by Crippen LogP contribution is -2.20. The highest BCUT2D eigenvalue weighted by atomic mass is 16.5. The van der Waals surface area contributed by atoms with Crippen LogP contribution in [0.4, 0.5) is 0 Å². The molecule has 0 amide bonds. The summed E-state index contributed by atoms with van der Waals surface area (Å²) in [5, 5.41) is 3.47. The standard InChI is InChI=1S/C14H19NO2/c1-3-8-15-13-5-4-9-17-14-7-6-11(16-2)10-12(13)14/h3,6-7,10,13,15H,1,4-5,8-9H2,2H3/t13-/m0/s1. The predicted octanol–water partition coefficient (Wildman–Crippen LogP) is 2.68. The van der Waals surface area contributed by atoms with Crippen molar-refractivity contribution >= 4 is 0 Å². The summed E-state index contributed by atoms with van der Waals surface area (Å²) in [6.45, 7) is 5.33. The number of hydrogen-bond acceptors (Lipinski definition) is 3. The molecule has 3 nitrogen and oxygen atoms in total. The highest BCUT2D eigenvalue weighted by Gasteiger charge is 2.19. The summed E-state index contributed by atoms with van der Waals surface area (Å²) < 4.78 is 11.0. The Kier molecular flexibility index (Phi) is 4.04. The van der Waals surface area contributed by atoms with Crippen molar-refractivity contribution in [1.29, 1.82) is 0 Å². The number of rotatable bonds is 4. The molecule has 2 rings (SSSR count). The molecule has 0 bridgehead atoms. The molecule has 1 aromatic carbocycles. The van der Waals surface area contributed by atoms with Crippen molar-refractivity contribution < 1.29 is 9.47 Å². The summed E-state index contributed by atoms with van der Waals surface area (Å²) in [6.07, 6.45) is 4.02. The minimum atomic E-state index is 0.320. The first-order valence-corrected chi connectivity index (χ1v) is 6.00. The maximum Gasteiger partial charge on any atom is 0.124 e. The number of methoxy groups -OCH3 is 1. The largest absolute Gasteiger partial charge is 0.497 e. The highest BCUT2D eigenvalue weighted by molar-refractivity contribution is 5.42. The van der Waals surface area contributed by atoms with E-state index >= 15 is 0 Å². The molecule has 0 spiro atoms. The van der Waals surface area contributed by atoms with Gasteiger partial charge in [-0.3, -0.25) is 0 Å². The van der Waals surface area contributed by atoms with Gasteiger partial charge in [-0.05, 0) is 31.0 Å². The van der Waals surface area contributed by atoms with Crippen LogP contribution in [0.2, 0.25) is 0 Å². The first kappa shape index (κ1) is 12.0. The van der Waals surface area contributed by atoms with Gasteiger partial charge in [-0.1, -0.05) is 6.08 Å². The number of benzene rings is 1. The zero-order chi connectivity index (χ0) is 12.1. The first-order chi connectivity index (χ1) is 8.35. The molecule has 92 valence electrons. The number of hydrogen-bond donors (Lipinski definition) is 1. The lowest BCUT2D eigenvalue weighted by molar-refractivity contribution is 0.315. The molecule has 1 aliphatic rings. The quantitative estimate of drug-likeness (QED) is 0.811. The summed E-state index contributed by atoms with van der Waals surface area (Å²) in [4.78, 5) is 0. The molecular weight excluding hydrogens is 214 g/mol. The van der Waals surface area contributed by atoms with Crippen LogP contribution in [-0.4, -0.2) is 20.3 Å². The van der Waals surface area contributed by atoms with Gasteiger partial charge in [-0.25, -0.2) is 0 Å². The van der Waals surface area contributed by atoms with E-state index in [9.17, 15) is 0 Å². The van der Waals surface area contributed by atoms with E-state index in [0.29, 0.717) is 6.04 Å². The third-order valence-corrected chi connectivity index (χ3v) is 3.00. The molecule has 1 atom stereocenters. The van der Waals surface area contributed by atoms with Crippen molar-refractivity contribution in [2.24, 2.45) is 0 Å². The van der Waals surface area contributed by atoms with Gasteiger partial charge >= 0.3 is 0 Å². The van der Waals surface area contributed by atoms with E-state index in [4.69, 9.17) is 9.47 Å². The maximum atomic E-state index is 5.74. The molecular formula is C14H19NO2. The van der Waals surface area contributed by atoms with Gasteiger partial charge in [-0.15, -0.1) is 6.58 Å². The van der Waals surface area contributed by atoms with Crippen LogP contribution in [0.1, 0.15) is 24.4 Å².